The molecule has 2 unspecified atom stereocenters. The largest absolute Gasteiger partial charge is 0.481 e. The maximum atomic E-state index is 12.1. The molecule has 2 rings (SSSR count). The van der Waals surface area contributed by atoms with E-state index in [4.69, 9.17) is 0 Å². The van der Waals surface area contributed by atoms with E-state index in [1.807, 2.05) is 18.4 Å². The van der Waals surface area contributed by atoms with Crippen LogP contribution < -0.4 is 0 Å². The number of amides is 1. The van der Waals surface area contributed by atoms with Crippen molar-refractivity contribution in [3.8, 4) is 0 Å². The topological polar surface area (TPSA) is 57.6 Å². The number of carbonyl (C=O) groups excluding carboxylic acids is 1. The molecule has 1 aliphatic rings. The second kappa shape index (κ2) is 6.05. The first-order chi connectivity index (χ1) is 9.04. The molecule has 4 nitrogen and oxygen atoms in total. The molecule has 2 heterocycles. The van der Waals surface area contributed by atoms with Gasteiger partial charge in [-0.3, -0.25) is 9.59 Å². The molecular formula is C13H16BrNO3S. The van der Waals surface area contributed by atoms with E-state index in [-0.39, 0.29) is 11.9 Å². The fourth-order valence-corrected chi connectivity index (χ4v) is 4.24. The van der Waals surface area contributed by atoms with Gasteiger partial charge in [0.15, 0.2) is 0 Å². The highest BCUT2D eigenvalue weighted by atomic mass is 79.9. The van der Waals surface area contributed by atoms with Gasteiger partial charge in [0, 0.05) is 27.7 Å². The number of carbonyl (C=O) groups is 2. The molecule has 1 N–H and O–H groups in total. The predicted molar refractivity (Wildman–Crippen MR) is 77.1 cm³/mol. The summed E-state index contributed by atoms with van der Waals surface area (Å²) in [5, 5.41) is 11.4. The van der Waals surface area contributed by atoms with Gasteiger partial charge in [0.1, 0.15) is 0 Å². The molecule has 0 radical (unpaired) electrons. The van der Waals surface area contributed by atoms with E-state index < -0.39 is 11.9 Å². The van der Waals surface area contributed by atoms with Crippen LogP contribution in [0.5, 0.6) is 0 Å². The van der Waals surface area contributed by atoms with Gasteiger partial charge in [0.25, 0.3) is 0 Å². The molecule has 1 aliphatic heterocycles. The number of halogens is 1. The van der Waals surface area contributed by atoms with E-state index in [2.05, 4.69) is 15.9 Å². The summed E-state index contributed by atoms with van der Waals surface area (Å²) < 4.78 is 0.935. The van der Waals surface area contributed by atoms with Gasteiger partial charge < -0.3 is 10.0 Å². The molecule has 1 aromatic rings. The van der Waals surface area contributed by atoms with Crippen molar-refractivity contribution in [3.63, 3.8) is 0 Å². The zero-order valence-corrected chi connectivity index (χ0v) is 13.0. The third kappa shape index (κ3) is 3.00. The Kier molecular flexibility index (Phi) is 4.62. The van der Waals surface area contributed by atoms with Crippen molar-refractivity contribution in [3.05, 3.63) is 20.8 Å². The van der Waals surface area contributed by atoms with Crippen LogP contribution >= 0.6 is 27.3 Å². The average Bonchev–Trinajstić information content (AvgIpc) is 2.70. The summed E-state index contributed by atoms with van der Waals surface area (Å²) in [6.07, 6.45) is 1.65. The lowest BCUT2D eigenvalue weighted by atomic mass is 9.93. The number of hydrogen-bond acceptors (Lipinski definition) is 3. The summed E-state index contributed by atoms with van der Waals surface area (Å²) in [6.45, 7) is 2.45. The number of carboxylic acid groups (broad SMARTS) is 1. The molecule has 1 amide bonds. The van der Waals surface area contributed by atoms with Gasteiger partial charge in [-0.1, -0.05) is 0 Å². The summed E-state index contributed by atoms with van der Waals surface area (Å²) in [5.74, 6) is -1.28. The van der Waals surface area contributed by atoms with E-state index in [9.17, 15) is 14.7 Å². The van der Waals surface area contributed by atoms with E-state index >= 15 is 0 Å². The molecule has 1 fully saturated rings. The van der Waals surface area contributed by atoms with Crippen molar-refractivity contribution in [2.75, 3.05) is 6.54 Å². The van der Waals surface area contributed by atoms with E-state index in [0.717, 1.165) is 9.35 Å². The maximum absolute atomic E-state index is 12.1. The van der Waals surface area contributed by atoms with Crippen LogP contribution in [0.25, 0.3) is 0 Å². The van der Waals surface area contributed by atoms with Gasteiger partial charge in [0.05, 0.1) is 12.0 Å². The SMILES string of the molecule is CCN1C(=O)CCCC(C(=O)O)C1c1cc(Br)cs1. The minimum Gasteiger partial charge on any atom is -0.481 e. The lowest BCUT2D eigenvalue weighted by Crippen LogP contribution is -2.38. The van der Waals surface area contributed by atoms with Gasteiger partial charge >= 0.3 is 5.97 Å². The summed E-state index contributed by atoms with van der Waals surface area (Å²) in [7, 11) is 0. The monoisotopic (exact) mass is 345 g/mol. The van der Waals surface area contributed by atoms with Gasteiger partial charge in [-0.15, -0.1) is 11.3 Å². The van der Waals surface area contributed by atoms with Crippen LogP contribution in [0.4, 0.5) is 0 Å². The molecule has 6 heteroatoms. The number of rotatable bonds is 3. The highest BCUT2D eigenvalue weighted by Crippen LogP contribution is 2.39. The highest BCUT2D eigenvalue weighted by Gasteiger charge is 2.38. The second-order valence-electron chi connectivity index (χ2n) is 4.63. The molecule has 19 heavy (non-hydrogen) atoms. The first-order valence-electron chi connectivity index (χ1n) is 6.30. The highest BCUT2D eigenvalue weighted by molar-refractivity contribution is 9.10. The predicted octanol–water partition coefficient (Wildman–Crippen LogP) is 3.28. The van der Waals surface area contributed by atoms with Gasteiger partial charge in [-0.25, -0.2) is 0 Å². The van der Waals surface area contributed by atoms with Crippen molar-refractivity contribution in [2.45, 2.75) is 32.2 Å². The number of hydrogen-bond donors (Lipinski definition) is 1. The van der Waals surface area contributed by atoms with Crippen molar-refractivity contribution < 1.29 is 14.7 Å². The Morgan fingerprint density at radius 3 is 2.89 bits per heavy atom. The van der Waals surface area contributed by atoms with Crippen LogP contribution in [0.3, 0.4) is 0 Å². The molecule has 0 aliphatic carbocycles. The van der Waals surface area contributed by atoms with Crippen molar-refractivity contribution >= 4 is 39.1 Å². The lowest BCUT2D eigenvalue weighted by Gasteiger charge is -2.31. The fraction of sp³-hybridized carbons (Fsp3) is 0.538. The molecule has 1 aromatic heterocycles. The smallest absolute Gasteiger partial charge is 0.308 e. The Morgan fingerprint density at radius 2 is 2.37 bits per heavy atom. The Morgan fingerprint density at radius 1 is 1.63 bits per heavy atom. The average molecular weight is 346 g/mol. The van der Waals surface area contributed by atoms with Crippen LogP contribution in [0, 0.1) is 5.92 Å². The normalized spacial score (nSPS) is 24.3. The van der Waals surface area contributed by atoms with Gasteiger partial charge in [-0.05, 0) is 41.8 Å². The Bertz CT molecular complexity index is 486. The van der Waals surface area contributed by atoms with Crippen molar-refractivity contribution in [2.24, 2.45) is 5.92 Å². The minimum absolute atomic E-state index is 0.0563. The summed E-state index contributed by atoms with van der Waals surface area (Å²) >= 11 is 4.90. The molecule has 1 saturated heterocycles. The van der Waals surface area contributed by atoms with Crippen LogP contribution in [0.15, 0.2) is 15.9 Å². The van der Waals surface area contributed by atoms with E-state index in [1.54, 1.807) is 4.90 Å². The summed E-state index contributed by atoms with van der Waals surface area (Å²) in [5.41, 5.74) is 0. The molecular weight excluding hydrogens is 330 g/mol. The third-order valence-corrected chi connectivity index (χ3v) is 5.24. The number of likely N-dealkylation sites (tertiary alicyclic amines) is 1. The molecule has 0 bridgehead atoms. The standard InChI is InChI=1S/C13H16BrNO3S/c1-2-15-11(16)5-3-4-9(13(17)18)12(15)10-6-8(14)7-19-10/h6-7,9,12H,2-5H2,1H3,(H,17,18). The Labute approximate surface area is 124 Å². The van der Waals surface area contributed by atoms with Crippen LogP contribution in [-0.4, -0.2) is 28.4 Å². The zero-order valence-electron chi connectivity index (χ0n) is 10.6. The van der Waals surface area contributed by atoms with Crippen molar-refractivity contribution in [1.82, 2.24) is 4.90 Å². The number of aliphatic carboxylic acids is 1. The van der Waals surface area contributed by atoms with Gasteiger partial charge in [-0.2, -0.15) is 0 Å². The Hall–Kier alpha value is -0.880. The minimum atomic E-state index is -0.817. The quantitative estimate of drug-likeness (QED) is 0.914. The molecule has 0 saturated carbocycles. The lowest BCUT2D eigenvalue weighted by molar-refractivity contribution is -0.145. The first kappa shape index (κ1) is 14.5. The molecule has 104 valence electrons. The molecule has 0 aromatic carbocycles. The number of thiophene rings is 1. The first-order valence-corrected chi connectivity index (χ1v) is 7.98. The van der Waals surface area contributed by atoms with Crippen LogP contribution in [0.2, 0.25) is 0 Å². The Balaban J connectivity index is 2.43. The maximum Gasteiger partial charge on any atom is 0.308 e. The number of carboxylic acids is 1. The zero-order chi connectivity index (χ0) is 14.0. The van der Waals surface area contributed by atoms with E-state index in [1.165, 1.54) is 11.3 Å². The summed E-state index contributed by atoms with van der Waals surface area (Å²) in [6, 6.07) is 1.58. The van der Waals surface area contributed by atoms with Gasteiger partial charge in [0.2, 0.25) is 5.91 Å². The second-order valence-corrected chi connectivity index (χ2v) is 6.49. The van der Waals surface area contributed by atoms with E-state index in [0.29, 0.717) is 25.8 Å². The molecule has 0 spiro atoms. The van der Waals surface area contributed by atoms with Crippen LogP contribution in [0.1, 0.15) is 37.1 Å². The van der Waals surface area contributed by atoms with Crippen LogP contribution in [-0.2, 0) is 9.59 Å². The fourth-order valence-electron chi connectivity index (χ4n) is 2.61. The number of nitrogens with zero attached hydrogens (tertiary/aromatic N) is 1. The van der Waals surface area contributed by atoms with Crippen molar-refractivity contribution in [1.29, 1.82) is 0 Å². The third-order valence-electron chi connectivity index (χ3n) is 3.48. The molecule has 2 atom stereocenters. The summed E-state index contributed by atoms with van der Waals surface area (Å²) in [4.78, 5) is 26.3.